The quantitative estimate of drug-likeness (QED) is 0.0318. The van der Waals surface area contributed by atoms with E-state index in [4.69, 9.17) is 42.9 Å². The van der Waals surface area contributed by atoms with Gasteiger partial charge in [-0.15, -0.1) is 0 Å². The highest BCUT2D eigenvalue weighted by Gasteiger charge is 2.31. The van der Waals surface area contributed by atoms with Crippen LogP contribution in [0, 0.1) is 0 Å². The molecule has 0 fully saturated rings. The second kappa shape index (κ2) is 29.4. The summed E-state index contributed by atoms with van der Waals surface area (Å²) in [6.45, 7) is 26.4. The van der Waals surface area contributed by atoms with Gasteiger partial charge in [0, 0.05) is 0 Å². The number of hydrogen-bond donors (Lipinski definition) is 0. The lowest BCUT2D eigenvalue weighted by atomic mass is 10.0. The van der Waals surface area contributed by atoms with Crippen molar-refractivity contribution in [3.05, 3.63) is 212 Å². The zero-order valence-electron chi connectivity index (χ0n) is 45.0. The lowest BCUT2D eigenvalue weighted by molar-refractivity contribution is -0.546. The highest BCUT2D eigenvalue weighted by Crippen LogP contribution is 2.44. The van der Waals surface area contributed by atoms with Gasteiger partial charge in [-0.2, -0.15) is 13.9 Å². The topological polar surface area (TPSA) is 92.8 Å². The summed E-state index contributed by atoms with van der Waals surface area (Å²) in [5, 5.41) is 2.71. The van der Waals surface area contributed by atoms with Crippen LogP contribution in [0.4, 0.5) is 0 Å². The second-order valence-electron chi connectivity index (χ2n) is 20.2. The van der Waals surface area contributed by atoms with E-state index in [9.17, 15) is 0 Å². The third-order valence-electron chi connectivity index (χ3n) is 12.3. The molecule has 0 heterocycles. The fourth-order valence-electron chi connectivity index (χ4n) is 7.22. The minimum Gasteiger partial charge on any atom is -0.245 e. The Balaban J connectivity index is 1.33. The zero-order chi connectivity index (χ0) is 52.3. The number of nitrogens with zero attached hydrogens (tertiary/aromatic N) is 3. The van der Waals surface area contributed by atoms with Crippen LogP contribution < -0.4 is 0 Å². The Kier molecular flexibility index (Phi) is 23.2. The maximum Gasteiger partial charge on any atom is 0.399 e. The lowest BCUT2D eigenvalue weighted by Crippen LogP contribution is -2.30. The molecule has 392 valence electrons. The average Bonchev–Trinajstić information content (AvgIpc) is 3.39. The van der Waals surface area contributed by atoms with E-state index in [0.717, 1.165) is 49.6 Å². The van der Waals surface area contributed by atoms with Crippen LogP contribution in [0.2, 0.25) is 0 Å². The van der Waals surface area contributed by atoms with E-state index < -0.39 is 8.60 Å². The fraction of sp³-hybridized carbons (Fsp3) is 0.400. The Morgan fingerprint density at radius 1 is 0.247 bits per heavy atom. The van der Waals surface area contributed by atoms with Gasteiger partial charge in [-0.3, -0.25) is 0 Å². The summed E-state index contributed by atoms with van der Waals surface area (Å²) in [5.74, 6) is 2.22. The average molecular weight is 1020 g/mol. The number of benzene rings is 6. The molecule has 12 nitrogen and oxygen atoms in total. The molecule has 0 aliphatic carbocycles. The first-order valence-electron chi connectivity index (χ1n) is 25.6. The van der Waals surface area contributed by atoms with Crippen LogP contribution in [-0.4, -0.2) is 16.2 Å². The Hall–Kier alpha value is -4.73. The maximum atomic E-state index is 6.46. The molecule has 6 aromatic rings. The van der Waals surface area contributed by atoms with E-state index in [1.807, 2.05) is 72.8 Å². The largest absolute Gasteiger partial charge is 0.399 e. The van der Waals surface area contributed by atoms with Crippen LogP contribution in [0.15, 0.2) is 146 Å². The van der Waals surface area contributed by atoms with Crippen molar-refractivity contribution >= 4 is 8.60 Å². The van der Waals surface area contributed by atoms with E-state index in [1.165, 1.54) is 33.4 Å². The van der Waals surface area contributed by atoms with Crippen LogP contribution >= 0.6 is 8.60 Å². The standard InChI is InChI=1S/C60H78N3O9P/c1-43(2)55-25-13-49(14-26-55)37-64-61(65-38-50-15-27-56(28-16-50)44(3)4)70-73(71-62(66-39-51-17-29-57(30-18-51)45(5)6)67-40-52-19-31-58(32-20-52)46(7)8)72-63(68-41-53-21-33-59(34-22-53)47(9)10)69-42-54-23-35-60(36-24-54)48(11)12/h13-36,43-48H,37-42H2,1-12H3. The molecule has 0 saturated heterocycles. The van der Waals surface area contributed by atoms with Gasteiger partial charge >= 0.3 is 8.60 Å². The molecule has 0 unspecified atom stereocenters. The third-order valence-corrected chi connectivity index (χ3v) is 13.1. The summed E-state index contributed by atoms with van der Waals surface area (Å²) in [7, 11) is -2.72. The van der Waals surface area contributed by atoms with Crippen molar-refractivity contribution in [2.45, 2.75) is 158 Å². The van der Waals surface area contributed by atoms with E-state index in [-0.39, 0.29) is 39.6 Å². The first-order valence-corrected chi connectivity index (χ1v) is 26.7. The van der Waals surface area contributed by atoms with Crippen molar-refractivity contribution in [1.29, 1.82) is 0 Å². The fourth-order valence-corrected chi connectivity index (χ4v) is 7.92. The normalized spacial score (nSPS) is 12.2. The molecule has 13 heteroatoms. The van der Waals surface area contributed by atoms with Crippen molar-refractivity contribution in [3.63, 3.8) is 0 Å². The van der Waals surface area contributed by atoms with E-state index in [2.05, 4.69) is 156 Å². The molecule has 0 radical (unpaired) electrons. The highest BCUT2D eigenvalue weighted by molar-refractivity contribution is 7.41. The third kappa shape index (κ3) is 19.5. The summed E-state index contributed by atoms with van der Waals surface area (Å²) >= 11 is 0. The van der Waals surface area contributed by atoms with E-state index in [1.54, 1.807) is 0 Å². The zero-order valence-corrected chi connectivity index (χ0v) is 45.9. The highest BCUT2D eigenvalue weighted by atomic mass is 31.2. The van der Waals surface area contributed by atoms with Crippen molar-refractivity contribution in [2.24, 2.45) is 0 Å². The maximum absolute atomic E-state index is 6.46. The van der Waals surface area contributed by atoms with Crippen LogP contribution in [0.5, 0.6) is 0 Å². The van der Waals surface area contributed by atoms with E-state index >= 15 is 0 Å². The van der Waals surface area contributed by atoms with Crippen LogP contribution in [-0.2, 0) is 82.5 Å². The molecule has 0 spiro atoms. The molecule has 6 rings (SSSR count). The second-order valence-corrected chi connectivity index (χ2v) is 21.1. The van der Waals surface area contributed by atoms with Gasteiger partial charge in [0.05, 0.1) is 55.8 Å². The van der Waals surface area contributed by atoms with Crippen molar-refractivity contribution in [1.82, 2.24) is 16.2 Å². The minimum atomic E-state index is -2.72. The van der Waals surface area contributed by atoms with Gasteiger partial charge in [0.1, 0.15) is 0 Å². The first kappa shape index (κ1) is 57.5. The lowest BCUT2D eigenvalue weighted by Gasteiger charge is -2.28. The molecule has 0 aliphatic rings. The Bertz CT molecular complexity index is 2020. The molecule has 0 aliphatic heterocycles. The molecule has 73 heavy (non-hydrogen) atoms. The molecule has 0 bridgehead atoms. The van der Waals surface area contributed by atoms with Crippen LogP contribution in [0.3, 0.4) is 0 Å². The summed E-state index contributed by atoms with van der Waals surface area (Å²) in [6, 6.07) is 49.3. The van der Waals surface area contributed by atoms with Crippen molar-refractivity contribution in [3.8, 4) is 0 Å². The van der Waals surface area contributed by atoms with Crippen LogP contribution in [0.25, 0.3) is 0 Å². The Morgan fingerprint density at radius 2 is 0.384 bits per heavy atom. The van der Waals surface area contributed by atoms with Crippen LogP contribution in [0.1, 0.15) is 185 Å². The molecule has 0 amide bonds. The van der Waals surface area contributed by atoms with E-state index in [0.29, 0.717) is 35.5 Å². The van der Waals surface area contributed by atoms with Gasteiger partial charge in [0.15, 0.2) is 0 Å². The minimum absolute atomic E-state index is 0.0821. The predicted octanol–water partition coefficient (Wildman–Crippen LogP) is 16.4. The molecular formula is C60H78N3O9P. The predicted molar refractivity (Wildman–Crippen MR) is 288 cm³/mol. The SMILES string of the molecule is CC(C)c1ccc(CON(OCc2ccc(C(C)C)cc2)OP(ON(OCc2ccc(C(C)C)cc2)OCc2ccc(C(C)C)cc2)ON(OCc2ccc(C(C)C)cc2)OCc2ccc(C(C)C)cc2)cc1. The van der Waals surface area contributed by atoms with Crippen molar-refractivity contribution in [2.75, 3.05) is 0 Å². The molecular weight excluding hydrogens is 938 g/mol. The molecule has 0 N–H and O–H groups in total. The molecule has 6 aromatic carbocycles. The number of rotatable bonds is 30. The van der Waals surface area contributed by atoms with Gasteiger partial charge in [-0.1, -0.05) is 229 Å². The summed E-state index contributed by atoms with van der Waals surface area (Å²) in [4.78, 5) is 37.7. The van der Waals surface area contributed by atoms with Gasteiger partial charge in [0.2, 0.25) is 0 Å². The molecule has 0 atom stereocenters. The van der Waals surface area contributed by atoms with Gasteiger partial charge in [-0.05, 0) is 102 Å². The van der Waals surface area contributed by atoms with Crippen molar-refractivity contribution < 1.29 is 42.9 Å². The summed E-state index contributed by atoms with van der Waals surface area (Å²) in [5.41, 5.74) is 12.6. The Labute approximate surface area is 436 Å². The smallest absolute Gasteiger partial charge is 0.245 e. The van der Waals surface area contributed by atoms with Gasteiger partial charge < -0.3 is 0 Å². The van der Waals surface area contributed by atoms with Gasteiger partial charge in [0.25, 0.3) is 0 Å². The molecule has 0 saturated carbocycles. The summed E-state index contributed by atoms with van der Waals surface area (Å²) < 4.78 is 19.4. The first-order chi connectivity index (χ1) is 35.1. The number of hydrogen-bond acceptors (Lipinski definition) is 12. The monoisotopic (exact) mass is 1020 g/mol. The summed E-state index contributed by atoms with van der Waals surface area (Å²) in [6.07, 6.45) is 0. The molecule has 0 aromatic heterocycles. The van der Waals surface area contributed by atoms with Gasteiger partial charge in [-0.25, -0.2) is 29.0 Å². The Morgan fingerprint density at radius 3 is 0.507 bits per heavy atom.